The van der Waals surface area contributed by atoms with Crippen LogP contribution in [-0.2, 0) is 20.9 Å². The molecular formula is C21H24N2O3. The van der Waals surface area contributed by atoms with E-state index in [4.69, 9.17) is 4.74 Å². The molecule has 136 valence electrons. The smallest absolute Gasteiger partial charge is 0.323 e. The van der Waals surface area contributed by atoms with Crippen LogP contribution in [0.3, 0.4) is 0 Å². The van der Waals surface area contributed by atoms with Gasteiger partial charge >= 0.3 is 5.97 Å². The summed E-state index contributed by atoms with van der Waals surface area (Å²) < 4.78 is 5.19. The maximum absolute atomic E-state index is 12.5. The summed E-state index contributed by atoms with van der Waals surface area (Å²) in [6.07, 6.45) is 0.0824. The van der Waals surface area contributed by atoms with Crippen molar-refractivity contribution >= 4 is 17.6 Å². The SMILES string of the molecule is Cc1ccc(C)c(NC(=O)C[C@H]2C(=O)OCCN2Cc2ccccc2)c1. The monoisotopic (exact) mass is 352 g/mol. The molecule has 0 unspecified atom stereocenters. The quantitative estimate of drug-likeness (QED) is 0.840. The second kappa shape index (κ2) is 8.15. The first-order chi connectivity index (χ1) is 12.5. The minimum absolute atomic E-state index is 0.0824. The van der Waals surface area contributed by atoms with Gasteiger partial charge in [0.2, 0.25) is 5.91 Å². The summed E-state index contributed by atoms with van der Waals surface area (Å²) in [4.78, 5) is 26.8. The molecule has 1 amide bonds. The number of hydrogen-bond donors (Lipinski definition) is 1. The van der Waals surface area contributed by atoms with Gasteiger partial charge in [0.15, 0.2) is 0 Å². The van der Waals surface area contributed by atoms with Gasteiger partial charge in [0, 0.05) is 18.8 Å². The lowest BCUT2D eigenvalue weighted by molar-refractivity contribution is -0.159. The average molecular weight is 352 g/mol. The zero-order valence-electron chi connectivity index (χ0n) is 15.2. The summed E-state index contributed by atoms with van der Waals surface area (Å²) in [5, 5.41) is 2.93. The van der Waals surface area contributed by atoms with Crippen molar-refractivity contribution in [1.82, 2.24) is 4.90 Å². The molecule has 1 aliphatic heterocycles. The van der Waals surface area contributed by atoms with E-state index in [1.54, 1.807) is 0 Å². The number of ether oxygens (including phenoxy) is 1. The fourth-order valence-electron chi connectivity index (χ4n) is 3.13. The van der Waals surface area contributed by atoms with Gasteiger partial charge in [0.25, 0.3) is 0 Å². The molecule has 0 bridgehead atoms. The number of cyclic esters (lactones) is 1. The van der Waals surface area contributed by atoms with Crippen molar-refractivity contribution in [2.24, 2.45) is 0 Å². The number of hydrogen-bond acceptors (Lipinski definition) is 4. The molecule has 0 spiro atoms. The van der Waals surface area contributed by atoms with Crippen LogP contribution in [0.1, 0.15) is 23.1 Å². The van der Waals surface area contributed by atoms with E-state index in [-0.39, 0.29) is 18.3 Å². The lowest BCUT2D eigenvalue weighted by Gasteiger charge is -2.33. The number of benzene rings is 2. The third kappa shape index (κ3) is 4.49. The van der Waals surface area contributed by atoms with Gasteiger partial charge in [-0.05, 0) is 36.6 Å². The number of nitrogens with zero attached hydrogens (tertiary/aromatic N) is 1. The molecule has 5 nitrogen and oxygen atoms in total. The molecule has 1 aliphatic rings. The number of carbonyl (C=O) groups excluding carboxylic acids is 2. The van der Waals surface area contributed by atoms with Gasteiger partial charge < -0.3 is 10.1 Å². The van der Waals surface area contributed by atoms with E-state index in [1.165, 1.54) is 0 Å². The van der Waals surface area contributed by atoms with Gasteiger partial charge in [-0.3, -0.25) is 14.5 Å². The van der Waals surface area contributed by atoms with Crippen LogP contribution in [0.25, 0.3) is 0 Å². The number of anilines is 1. The Morgan fingerprint density at radius 1 is 1.19 bits per heavy atom. The Bertz CT molecular complexity index is 789. The number of esters is 1. The van der Waals surface area contributed by atoms with Gasteiger partial charge in [-0.1, -0.05) is 42.5 Å². The summed E-state index contributed by atoms with van der Waals surface area (Å²) in [5.41, 5.74) is 3.97. The van der Waals surface area contributed by atoms with Crippen LogP contribution in [0.2, 0.25) is 0 Å². The van der Waals surface area contributed by atoms with Crippen molar-refractivity contribution in [1.29, 1.82) is 0 Å². The molecule has 1 heterocycles. The first kappa shape index (κ1) is 18.1. The topological polar surface area (TPSA) is 58.6 Å². The van der Waals surface area contributed by atoms with Crippen LogP contribution in [0.5, 0.6) is 0 Å². The van der Waals surface area contributed by atoms with E-state index < -0.39 is 6.04 Å². The molecule has 0 aromatic heterocycles. The lowest BCUT2D eigenvalue weighted by Crippen LogP contribution is -2.49. The van der Waals surface area contributed by atoms with Gasteiger partial charge in [0.1, 0.15) is 12.6 Å². The normalized spacial score (nSPS) is 17.6. The molecule has 5 heteroatoms. The van der Waals surface area contributed by atoms with Crippen molar-refractivity contribution < 1.29 is 14.3 Å². The van der Waals surface area contributed by atoms with E-state index in [9.17, 15) is 9.59 Å². The first-order valence-corrected chi connectivity index (χ1v) is 8.84. The summed E-state index contributed by atoms with van der Waals surface area (Å²) in [7, 11) is 0. The Morgan fingerprint density at radius 2 is 1.96 bits per heavy atom. The highest BCUT2D eigenvalue weighted by molar-refractivity contribution is 5.95. The Labute approximate surface area is 154 Å². The third-order valence-corrected chi connectivity index (χ3v) is 4.61. The Morgan fingerprint density at radius 3 is 2.73 bits per heavy atom. The van der Waals surface area contributed by atoms with Crippen LogP contribution in [0, 0.1) is 13.8 Å². The summed E-state index contributed by atoms with van der Waals surface area (Å²) in [5.74, 6) is -0.510. The molecule has 0 saturated carbocycles. The number of morpholine rings is 1. The molecule has 1 N–H and O–H groups in total. The van der Waals surface area contributed by atoms with E-state index in [0.29, 0.717) is 19.7 Å². The van der Waals surface area contributed by atoms with Crippen LogP contribution in [-0.4, -0.2) is 36.0 Å². The van der Waals surface area contributed by atoms with Gasteiger partial charge in [-0.15, -0.1) is 0 Å². The Kier molecular flexibility index (Phi) is 5.68. The van der Waals surface area contributed by atoms with Gasteiger partial charge in [0.05, 0.1) is 6.42 Å². The van der Waals surface area contributed by atoms with Crippen LogP contribution in [0.15, 0.2) is 48.5 Å². The zero-order valence-corrected chi connectivity index (χ0v) is 15.2. The lowest BCUT2D eigenvalue weighted by atomic mass is 10.1. The number of rotatable bonds is 5. The molecule has 1 fully saturated rings. The first-order valence-electron chi connectivity index (χ1n) is 8.84. The van der Waals surface area contributed by atoms with Crippen molar-refractivity contribution in [3.05, 3.63) is 65.2 Å². The van der Waals surface area contributed by atoms with E-state index in [2.05, 4.69) is 5.32 Å². The Hall–Kier alpha value is -2.66. The number of aryl methyl sites for hydroxylation is 2. The minimum Gasteiger partial charge on any atom is -0.463 e. The van der Waals surface area contributed by atoms with Crippen LogP contribution < -0.4 is 5.32 Å². The van der Waals surface area contributed by atoms with Crippen LogP contribution in [0.4, 0.5) is 5.69 Å². The number of amides is 1. The van der Waals surface area contributed by atoms with Gasteiger partial charge in [-0.2, -0.15) is 0 Å². The number of carbonyl (C=O) groups is 2. The highest BCUT2D eigenvalue weighted by Gasteiger charge is 2.33. The predicted octanol–water partition coefficient (Wildman–Crippen LogP) is 3.06. The number of nitrogens with one attached hydrogen (secondary N) is 1. The average Bonchev–Trinajstić information content (AvgIpc) is 2.62. The molecule has 26 heavy (non-hydrogen) atoms. The molecular weight excluding hydrogens is 328 g/mol. The summed E-state index contributed by atoms with van der Waals surface area (Å²) in [6, 6.07) is 15.3. The maximum Gasteiger partial charge on any atom is 0.323 e. The van der Waals surface area contributed by atoms with E-state index >= 15 is 0 Å². The molecule has 3 rings (SSSR count). The highest BCUT2D eigenvalue weighted by atomic mass is 16.5. The predicted molar refractivity (Wildman–Crippen MR) is 101 cm³/mol. The molecule has 1 atom stereocenters. The summed E-state index contributed by atoms with van der Waals surface area (Å²) in [6.45, 7) is 5.54. The van der Waals surface area contributed by atoms with Crippen LogP contribution >= 0.6 is 0 Å². The standard InChI is InChI=1S/C21H24N2O3/c1-15-8-9-16(2)18(12-15)22-20(24)13-19-21(25)26-11-10-23(19)14-17-6-4-3-5-7-17/h3-9,12,19H,10-11,13-14H2,1-2H3,(H,22,24)/t19-/m0/s1. The third-order valence-electron chi connectivity index (χ3n) is 4.61. The summed E-state index contributed by atoms with van der Waals surface area (Å²) >= 11 is 0. The Balaban J connectivity index is 1.69. The van der Waals surface area contributed by atoms with Gasteiger partial charge in [-0.25, -0.2) is 0 Å². The maximum atomic E-state index is 12.5. The second-order valence-corrected chi connectivity index (χ2v) is 6.71. The van der Waals surface area contributed by atoms with E-state index in [1.807, 2.05) is 67.3 Å². The molecule has 0 radical (unpaired) electrons. The molecule has 0 aliphatic carbocycles. The fraction of sp³-hybridized carbons (Fsp3) is 0.333. The van der Waals surface area contributed by atoms with Crippen molar-refractivity contribution in [2.45, 2.75) is 32.9 Å². The van der Waals surface area contributed by atoms with Crippen molar-refractivity contribution in [2.75, 3.05) is 18.5 Å². The van der Waals surface area contributed by atoms with Crippen molar-refractivity contribution in [3.63, 3.8) is 0 Å². The van der Waals surface area contributed by atoms with E-state index in [0.717, 1.165) is 22.4 Å². The van der Waals surface area contributed by atoms with Crippen molar-refractivity contribution in [3.8, 4) is 0 Å². The molecule has 2 aromatic rings. The molecule has 2 aromatic carbocycles. The largest absolute Gasteiger partial charge is 0.463 e. The highest BCUT2D eigenvalue weighted by Crippen LogP contribution is 2.19. The minimum atomic E-state index is -0.561. The zero-order chi connectivity index (χ0) is 18.5. The fourth-order valence-corrected chi connectivity index (χ4v) is 3.13. The molecule has 1 saturated heterocycles. The second-order valence-electron chi connectivity index (χ2n) is 6.71.